The van der Waals surface area contributed by atoms with Gasteiger partial charge in [0.2, 0.25) is 5.91 Å². The topological polar surface area (TPSA) is 58.4 Å². The van der Waals surface area contributed by atoms with Crippen molar-refractivity contribution in [3.63, 3.8) is 0 Å². The minimum Gasteiger partial charge on any atom is -0.352 e. The predicted molar refractivity (Wildman–Crippen MR) is 87.0 cm³/mol. The van der Waals surface area contributed by atoms with Gasteiger partial charge in [-0.25, -0.2) is 0 Å². The number of nitrogens with one attached hydrogen (secondary N) is 1. The molecule has 4 heteroatoms. The standard InChI is InChI=1S/C17H33N3O/c1-13-6-5-8-16(14(13)2)19-17(21)12-20-11-4-3-7-15(20)9-10-18/h13-16H,3-12,18H2,1-2H3,(H,19,21). The summed E-state index contributed by atoms with van der Waals surface area (Å²) in [7, 11) is 0. The number of rotatable bonds is 5. The lowest BCUT2D eigenvalue weighted by atomic mass is 9.78. The lowest BCUT2D eigenvalue weighted by Crippen LogP contribution is -2.50. The molecular weight excluding hydrogens is 262 g/mol. The molecule has 3 N–H and O–H groups in total. The van der Waals surface area contributed by atoms with Crippen molar-refractivity contribution in [3.8, 4) is 0 Å². The van der Waals surface area contributed by atoms with Gasteiger partial charge in [-0.2, -0.15) is 0 Å². The maximum absolute atomic E-state index is 12.4. The van der Waals surface area contributed by atoms with E-state index in [1.807, 2.05) is 0 Å². The molecule has 1 saturated heterocycles. The maximum atomic E-state index is 12.4. The van der Waals surface area contributed by atoms with E-state index in [0.717, 1.165) is 31.8 Å². The molecule has 0 spiro atoms. The van der Waals surface area contributed by atoms with Crippen LogP contribution in [0.15, 0.2) is 0 Å². The molecule has 0 bridgehead atoms. The van der Waals surface area contributed by atoms with Crippen LogP contribution in [0.5, 0.6) is 0 Å². The lowest BCUT2D eigenvalue weighted by molar-refractivity contribution is -0.124. The summed E-state index contributed by atoms with van der Waals surface area (Å²) in [6, 6.07) is 0.885. The number of nitrogens with two attached hydrogens (primary N) is 1. The van der Waals surface area contributed by atoms with E-state index in [4.69, 9.17) is 5.73 Å². The zero-order valence-corrected chi connectivity index (χ0v) is 13.8. The fourth-order valence-electron chi connectivity index (χ4n) is 4.01. The van der Waals surface area contributed by atoms with Gasteiger partial charge in [0.1, 0.15) is 0 Å². The van der Waals surface area contributed by atoms with Gasteiger partial charge < -0.3 is 11.1 Å². The van der Waals surface area contributed by atoms with Crippen LogP contribution in [0.4, 0.5) is 0 Å². The molecule has 1 heterocycles. The van der Waals surface area contributed by atoms with E-state index in [0.29, 0.717) is 24.5 Å². The van der Waals surface area contributed by atoms with Crippen molar-refractivity contribution in [2.24, 2.45) is 17.6 Å². The van der Waals surface area contributed by atoms with Crippen molar-refractivity contribution in [1.82, 2.24) is 10.2 Å². The summed E-state index contributed by atoms with van der Waals surface area (Å²) in [6.07, 6.45) is 8.40. The number of nitrogens with zero attached hydrogens (tertiary/aromatic N) is 1. The van der Waals surface area contributed by atoms with Gasteiger partial charge in [-0.05, 0) is 50.6 Å². The van der Waals surface area contributed by atoms with Gasteiger partial charge in [-0.3, -0.25) is 9.69 Å². The Morgan fingerprint density at radius 1 is 1.19 bits per heavy atom. The van der Waals surface area contributed by atoms with Crippen molar-refractivity contribution in [3.05, 3.63) is 0 Å². The zero-order chi connectivity index (χ0) is 15.2. The minimum atomic E-state index is 0.213. The molecule has 0 aromatic carbocycles. The van der Waals surface area contributed by atoms with E-state index < -0.39 is 0 Å². The zero-order valence-electron chi connectivity index (χ0n) is 13.8. The Balaban J connectivity index is 1.82. The predicted octanol–water partition coefficient (Wildman–Crippen LogP) is 2.13. The quantitative estimate of drug-likeness (QED) is 0.817. The van der Waals surface area contributed by atoms with Gasteiger partial charge in [0.05, 0.1) is 6.54 Å². The van der Waals surface area contributed by atoms with Crippen LogP contribution in [-0.4, -0.2) is 42.5 Å². The Bertz CT molecular complexity index is 332. The fourth-order valence-corrected chi connectivity index (χ4v) is 4.01. The number of carbonyl (C=O) groups is 1. The Morgan fingerprint density at radius 3 is 2.76 bits per heavy atom. The normalized spacial score (nSPS) is 34.6. The fraction of sp³-hybridized carbons (Fsp3) is 0.941. The van der Waals surface area contributed by atoms with E-state index in [9.17, 15) is 4.79 Å². The summed E-state index contributed by atoms with van der Waals surface area (Å²) < 4.78 is 0. The molecule has 0 radical (unpaired) electrons. The third-order valence-corrected chi connectivity index (χ3v) is 5.65. The molecule has 122 valence electrons. The maximum Gasteiger partial charge on any atom is 0.234 e. The number of piperidine rings is 1. The van der Waals surface area contributed by atoms with Crippen LogP contribution in [0.2, 0.25) is 0 Å². The molecule has 21 heavy (non-hydrogen) atoms. The minimum absolute atomic E-state index is 0.213. The summed E-state index contributed by atoms with van der Waals surface area (Å²) in [5.74, 6) is 1.54. The van der Waals surface area contributed by atoms with Crippen LogP contribution in [0.25, 0.3) is 0 Å². The van der Waals surface area contributed by atoms with Crippen LogP contribution in [0.3, 0.4) is 0 Å². The van der Waals surface area contributed by atoms with Crippen molar-refractivity contribution in [2.45, 2.75) is 70.9 Å². The molecule has 0 aromatic rings. The van der Waals surface area contributed by atoms with Gasteiger partial charge in [0.15, 0.2) is 0 Å². The average Bonchev–Trinajstić information content (AvgIpc) is 2.46. The first kappa shape index (κ1) is 16.8. The van der Waals surface area contributed by atoms with Crippen molar-refractivity contribution >= 4 is 5.91 Å². The highest BCUT2D eigenvalue weighted by Gasteiger charge is 2.29. The van der Waals surface area contributed by atoms with Gasteiger partial charge in [0, 0.05) is 12.1 Å². The summed E-state index contributed by atoms with van der Waals surface area (Å²) >= 11 is 0. The number of carbonyl (C=O) groups excluding carboxylic acids is 1. The largest absolute Gasteiger partial charge is 0.352 e. The summed E-state index contributed by atoms with van der Waals surface area (Å²) in [5, 5.41) is 3.30. The van der Waals surface area contributed by atoms with Gasteiger partial charge >= 0.3 is 0 Å². The second-order valence-corrected chi connectivity index (χ2v) is 7.14. The SMILES string of the molecule is CC1CCCC(NC(=O)CN2CCCCC2CCN)C1C. The summed E-state index contributed by atoms with van der Waals surface area (Å²) in [6.45, 7) is 6.93. The molecule has 2 fully saturated rings. The van der Waals surface area contributed by atoms with Crippen LogP contribution >= 0.6 is 0 Å². The van der Waals surface area contributed by atoms with Gasteiger partial charge in [-0.1, -0.05) is 33.1 Å². The summed E-state index contributed by atoms with van der Waals surface area (Å²) in [5.41, 5.74) is 5.71. The molecule has 1 aliphatic heterocycles. The number of amides is 1. The highest BCUT2D eigenvalue weighted by atomic mass is 16.2. The Labute approximate surface area is 129 Å². The first-order chi connectivity index (χ1) is 10.1. The third kappa shape index (κ3) is 4.68. The molecule has 2 rings (SSSR count). The average molecular weight is 295 g/mol. The van der Waals surface area contributed by atoms with E-state index in [1.165, 1.54) is 32.1 Å². The van der Waals surface area contributed by atoms with Crippen molar-refractivity contribution in [1.29, 1.82) is 0 Å². The number of likely N-dealkylation sites (tertiary alicyclic amines) is 1. The van der Waals surface area contributed by atoms with E-state index in [1.54, 1.807) is 0 Å². The molecule has 1 amide bonds. The molecule has 4 nitrogen and oxygen atoms in total. The molecule has 1 saturated carbocycles. The second kappa shape index (κ2) is 8.14. The molecule has 1 aliphatic carbocycles. The van der Waals surface area contributed by atoms with Crippen molar-refractivity contribution in [2.75, 3.05) is 19.6 Å². The van der Waals surface area contributed by atoms with Crippen LogP contribution in [-0.2, 0) is 4.79 Å². The Hall–Kier alpha value is -0.610. The first-order valence-corrected chi connectivity index (χ1v) is 8.85. The number of hydrogen-bond acceptors (Lipinski definition) is 3. The Kier molecular flexibility index (Phi) is 6.49. The van der Waals surface area contributed by atoms with E-state index >= 15 is 0 Å². The second-order valence-electron chi connectivity index (χ2n) is 7.14. The third-order valence-electron chi connectivity index (χ3n) is 5.65. The molecule has 0 aromatic heterocycles. The molecule has 4 unspecified atom stereocenters. The molecule has 4 atom stereocenters. The van der Waals surface area contributed by atoms with Crippen LogP contribution in [0, 0.1) is 11.8 Å². The molecule has 2 aliphatic rings. The Morgan fingerprint density at radius 2 is 2.00 bits per heavy atom. The van der Waals surface area contributed by atoms with E-state index in [-0.39, 0.29) is 5.91 Å². The smallest absolute Gasteiger partial charge is 0.234 e. The first-order valence-electron chi connectivity index (χ1n) is 8.85. The molecular formula is C17H33N3O. The van der Waals surface area contributed by atoms with E-state index in [2.05, 4.69) is 24.1 Å². The van der Waals surface area contributed by atoms with Gasteiger partial charge in [-0.15, -0.1) is 0 Å². The number of hydrogen-bond donors (Lipinski definition) is 2. The highest BCUT2D eigenvalue weighted by molar-refractivity contribution is 5.78. The lowest BCUT2D eigenvalue weighted by Gasteiger charge is -2.37. The highest BCUT2D eigenvalue weighted by Crippen LogP contribution is 2.29. The van der Waals surface area contributed by atoms with Crippen molar-refractivity contribution < 1.29 is 4.79 Å². The van der Waals surface area contributed by atoms with Crippen LogP contribution < -0.4 is 11.1 Å². The van der Waals surface area contributed by atoms with Gasteiger partial charge in [0.25, 0.3) is 0 Å². The summed E-state index contributed by atoms with van der Waals surface area (Å²) in [4.78, 5) is 14.7. The van der Waals surface area contributed by atoms with Crippen LogP contribution in [0.1, 0.15) is 58.8 Å². The monoisotopic (exact) mass is 295 g/mol.